The highest BCUT2D eigenvalue weighted by Crippen LogP contribution is 2.39. The molecular weight excluding hydrogens is 445 g/mol. The lowest BCUT2D eigenvalue weighted by Crippen LogP contribution is -2.27. The summed E-state index contributed by atoms with van der Waals surface area (Å²) in [6.07, 6.45) is 1.87. The monoisotopic (exact) mass is 467 g/mol. The molecule has 5 rings (SSSR count). The van der Waals surface area contributed by atoms with Gasteiger partial charge in [0.05, 0.1) is 18.9 Å². The number of rotatable bonds is 3. The maximum atomic E-state index is 15.3. The van der Waals surface area contributed by atoms with E-state index < -0.39 is 11.9 Å². The Morgan fingerprint density at radius 3 is 2.85 bits per heavy atom. The molecule has 1 fully saturated rings. The van der Waals surface area contributed by atoms with Crippen molar-refractivity contribution < 1.29 is 28.2 Å². The molecule has 10 nitrogen and oxygen atoms in total. The Hall–Kier alpha value is -3.99. The van der Waals surface area contributed by atoms with Crippen molar-refractivity contribution in [1.29, 1.82) is 0 Å². The Labute approximate surface area is 193 Å². The second-order valence-electron chi connectivity index (χ2n) is 8.34. The number of carbonyl (C=O) groups excluding carboxylic acids is 2. The van der Waals surface area contributed by atoms with E-state index in [1.807, 2.05) is 6.92 Å². The van der Waals surface area contributed by atoms with E-state index >= 15 is 4.39 Å². The van der Waals surface area contributed by atoms with Gasteiger partial charge in [0, 0.05) is 34.8 Å². The first-order valence-electron chi connectivity index (χ1n) is 10.7. The van der Waals surface area contributed by atoms with Gasteiger partial charge in [0.25, 0.3) is 5.91 Å². The molecule has 2 aliphatic heterocycles. The average Bonchev–Trinajstić information content (AvgIpc) is 3.21. The number of carbonyl (C=O) groups is 2. The molecule has 4 N–H and O–H groups in total. The van der Waals surface area contributed by atoms with Crippen LogP contribution in [-0.2, 0) is 14.3 Å². The Kier molecular flexibility index (Phi) is 5.40. The molecule has 0 aliphatic carbocycles. The number of nitrogens with one attached hydrogen (secondary N) is 2. The molecule has 2 aromatic heterocycles. The number of nitrogens with two attached hydrogens (primary N) is 1. The van der Waals surface area contributed by atoms with Crippen LogP contribution in [0.5, 0.6) is 5.88 Å². The summed E-state index contributed by atoms with van der Waals surface area (Å²) >= 11 is 0. The summed E-state index contributed by atoms with van der Waals surface area (Å²) in [6, 6.07) is 3.17. The molecule has 1 aromatic carbocycles. The molecule has 11 heteroatoms. The summed E-state index contributed by atoms with van der Waals surface area (Å²) < 4.78 is 31.3. The van der Waals surface area contributed by atoms with Gasteiger partial charge in [0.2, 0.25) is 5.88 Å². The third-order valence-corrected chi connectivity index (χ3v) is 5.98. The fourth-order valence-electron chi connectivity index (χ4n) is 4.04. The van der Waals surface area contributed by atoms with Crippen molar-refractivity contribution in [1.82, 2.24) is 9.97 Å². The fraction of sp³-hybridized carbons (Fsp3) is 0.304. The number of benzene rings is 1. The van der Waals surface area contributed by atoms with Gasteiger partial charge in [-0.25, -0.2) is 19.2 Å². The first-order chi connectivity index (χ1) is 16.3. The number of amides is 2. The Morgan fingerprint density at radius 1 is 1.26 bits per heavy atom. The zero-order valence-electron chi connectivity index (χ0n) is 18.5. The third-order valence-electron chi connectivity index (χ3n) is 5.98. The van der Waals surface area contributed by atoms with Crippen LogP contribution in [0, 0.1) is 18.7 Å². The van der Waals surface area contributed by atoms with Gasteiger partial charge < -0.3 is 25.3 Å². The lowest BCUT2D eigenvalue weighted by atomic mass is 9.97. The fourth-order valence-corrected chi connectivity index (χ4v) is 4.04. The van der Waals surface area contributed by atoms with Crippen LogP contribution in [0.2, 0.25) is 0 Å². The Bertz CT molecular complexity index is 1330. The van der Waals surface area contributed by atoms with E-state index in [9.17, 15) is 9.59 Å². The molecule has 176 valence electrons. The standard InChI is InChI=1S/C23H22FN5O5/c1-10-7-32-8-16(10)34-23(31)28-17-4-12-3-13(19(24)20(25)15(12)6-26-17)14-5-27-22-21(11(14)2)29-18(30)9-33-22/h3-6,10,16H,7-9,25H2,1-2H3,(H,29,30)(H,26,28,31)/t10-,16-/m0/s1. The minimum atomic E-state index is -0.657. The summed E-state index contributed by atoms with van der Waals surface area (Å²) in [5, 5.41) is 6.24. The van der Waals surface area contributed by atoms with E-state index in [4.69, 9.17) is 19.9 Å². The minimum Gasteiger partial charge on any atom is -0.466 e. The number of halogens is 1. The summed E-state index contributed by atoms with van der Waals surface area (Å²) in [5.74, 6) is -0.365. The van der Waals surface area contributed by atoms with Crippen LogP contribution in [-0.4, -0.2) is 47.9 Å². The van der Waals surface area contributed by atoms with Gasteiger partial charge in [-0.1, -0.05) is 6.92 Å². The van der Waals surface area contributed by atoms with Gasteiger partial charge in [-0.15, -0.1) is 0 Å². The molecule has 2 atom stereocenters. The van der Waals surface area contributed by atoms with Gasteiger partial charge in [-0.05, 0) is 30.0 Å². The maximum Gasteiger partial charge on any atom is 0.413 e. The number of hydrogen-bond donors (Lipinski definition) is 3. The van der Waals surface area contributed by atoms with Crippen LogP contribution in [0.25, 0.3) is 21.9 Å². The van der Waals surface area contributed by atoms with Crippen LogP contribution >= 0.6 is 0 Å². The number of nitrogen functional groups attached to an aromatic ring is 1. The predicted octanol–water partition coefficient (Wildman–Crippen LogP) is 3.24. The van der Waals surface area contributed by atoms with Crippen molar-refractivity contribution in [3.05, 3.63) is 35.9 Å². The summed E-state index contributed by atoms with van der Waals surface area (Å²) in [7, 11) is 0. The largest absolute Gasteiger partial charge is 0.466 e. The van der Waals surface area contributed by atoms with E-state index in [2.05, 4.69) is 20.6 Å². The van der Waals surface area contributed by atoms with E-state index in [1.54, 1.807) is 19.1 Å². The quantitative estimate of drug-likeness (QED) is 0.499. The average molecular weight is 467 g/mol. The first-order valence-corrected chi connectivity index (χ1v) is 10.7. The van der Waals surface area contributed by atoms with Crippen molar-refractivity contribution in [2.45, 2.75) is 20.0 Å². The highest BCUT2D eigenvalue weighted by molar-refractivity contribution is 6.01. The SMILES string of the molecule is Cc1c(-c2cc3cc(NC(=O)O[C@H]4COC[C@@H]4C)ncc3c(N)c2F)cnc2c1NC(=O)CO2. The zero-order chi connectivity index (χ0) is 24.0. The number of anilines is 3. The number of aromatic nitrogens is 2. The van der Waals surface area contributed by atoms with Crippen molar-refractivity contribution in [2.75, 3.05) is 36.2 Å². The molecule has 0 spiro atoms. The molecule has 0 saturated carbocycles. The van der Waals surface area contributed by atoms with Crippen LogP contribution in [0.3, 0.4) is 0 Å². The van der Waals surface area contributed by atoms with Crippen LogP contribution in [0.1, 0.15) is 12.5 Å². The van der Waals surface area contributed by atoms with Crippen LogP contribution in [0.15, 0.2) is 24.5 Å². The third kappa shape index (κ3) is 3.83. The van der Waals surface area contributed by atoms with Gasteiger partial charge in [0.15, 0.2) is 12.4 Å². The molecule has 34 heavy (non-hydrogen) atoms. The lowest BCUT2D eigenvalue weighted by molar-refractivity contribution is -0.118. The van der Waals surface area contributed by atoms with E-state index in [0.29, 0.717) is 40.8 Å². The topological polar surface area (TPSA) is 138 Å². The smallest absolute Gasteiger partial charge is 0.413 e. The molecule has 4 heterocycles. The zero-order valence-corrected chi connectivity index (χ0v) is 18.5. The number of ether oxygens (including phenoxy) is 3. The molecule has 2 aliphatic rings. The summed E-state index contributed by atoms with van der Waals surface area (Å²) in [5.41, 5.74) is 7.59. The van der Waals surface area contributed by atoms with E-state index in [0.717, 1.165) is 0 Å². The van der Waals surface area contributed by atoms with E-state index in [-0.39, 0.29) is 47.5 Å². The first kappa shape index (κ1) is 21.8. The molecule has 2 amide bonds. The predicted molar refractivity (Wildman–Crippen MR) is 122 cm³/mol. The van der Waals surface area contributed by atoms with Crippen molar-refractivity contribution >= 4 is 40.0 Å². The number of hydrogen-bond acceptors (Lipinski definition) is 8. The van der Waals surface area contributed by atoms with Crippen molar-refractivity contribution in [2.24, 2.45) is 5.92 Å². The maximum absolute atomic E-state index is 15.3. The Balaban J connectivity index is 1.49. The van der Waals surface area contributed by atoms with Crippen LogP contribution < -0.4 is 21.1 Å². The number of fused-ring (bicyclic) bond motifs is 2. The van der Waals surface area contributed by atoms with Crippen LogP contribution in [0.4, 0.5) is 26.4 Å². The highest BCUT2D eigenvalue weighted by Gasteiger charge is 2.28. The van der Waals surface area contributed by atoms with Gasteiger partial charge in [-0.3, -0.25) is 10.1 Å². The normalized spacial score (nSPS) is 19.3. The number of nitrogens with zero attached hydrogens (tertiary/aromatic N) is 2. The number of pyridine rings is 2. The summed E-state index contributed by atoms with van der Waals surface area (Å²) in [6.45, 7) is 4.42. The van der Waals surface area contributed by atoms with E-state index in [1.165, 1.54) is 12.4 Å². The minimum absolute atomic E-state index is 0.0940. The molecule has 1 saturated heterocycles. The van der Waals surface area contributed by atoms with Gasteiger partial charge in [-0.2, -0.15) is 0 Å². The second kappa shape index (κ2) is 8.41. The highest BCUT2D eigenvalue weighted by atomic mass is 19.1. The molecule has 0 bridgehead atoms. The van der Waals surface area contributed by atoms with Gasteiger partial charge >= 0.3 is 6.09 Å². The second-order valence-corrected chi connectivity index (χ2v) is 8.34. The lowest BCUT2D eigenvalue weighted by Gasteiger charge is -2.21. The summed E-state index contributed by atoms with van der Waals surface area (Å²) in [4.78, 5) is 32.4. The molecule has 3 aromatic rings. The van der Waals surface area contributed by atoms with Gasteiger partial charge in [0.1, 0.15) is 17.6 Å². The van der Waals surface area contributed by atoms with Crippen molar-refractivity contribution in [3.63, 3.8) is 0 Å². The van der Waals surface area contributed by atoms with Crippen molar-refractivity contribution in [3.8, 4) is 17.0 Å². The molecule has 0 radical (unpaired) electrons. The Morgan fingerprint density at radius 2 is 2.09 bits per heavy atom. The molecular formula is C23H22FN5O5. The molecule has 0 unspecified atom stereocenters.